The maximum atomic E-state index is 11.9. The quantitative estimate of drug-likeness (QED) is 0.238. The molecule has 3 nitrogen and oxygen atoms in total. The fourth-order valence-corrected chi connectivity index (χ4v) is 6.44. The second-order valence-corrected chi connectivity index (χ2v) is 11.9. The van der Waals surface area contributed by atoms with Gasteiger partial charge in [-0.15, -0.1) is 0 Å². The van der Waals surface area contributed by atoms with E-state index in [4.69, 9.17) is 9.47 Å². The van der Waals surface area contributed by atoms with Gasteiger partial charge in [0, 0.05) is 0 Å². The Kier molecular flexibility index (Phi) is 10.1. The maximum absolute atomic E-state index is 11.9. The summed E-state index contributed by atoms with van der Waals surface area (Å²) in [6.45, 7) is 6.75. The lowest BCUT2D eigenvalue weighted by molar-refractivity contribution is -0.0464. The van der Waals surface area contributed by atoms with E-state index in [1.54, 1.807) is 0 Å². The van der Waals surface area contributed by atoms with E-state index in [-0.39, 0.29) is 0 Å². The summed E-state index contributed by atoms with van der Waals surface area (Å²) >= 11 is 0. The SMILES string of the molecule is CCCCCC1CCC(c2ccc(-c3ccc(C4CCC(C)(OC(=O)OCCC)CC4)cc3)cc2)CC1. The Morgan fingerprint density at radius 2 is 1.30 bits per heavy atom. The normalized spacial score (nSPS) is 26.0. The second-order valence-electron chi connectivity index (χ2n) is 11.9. The molecule has 2 aromatic rings. The van der Waals surface area contributed by atoms with Gasteiger partial charge in [-0.05, 0) is 105 Å². The molecule has 0 unspecified atom stereocenters. The van der Waals surface area contributed by atoms with Crippen LogP contribution in [0.5, 0.6) is 0 Å². The summed E-state index contributed by atoms with van der Waals surface area (Å²) in [6, 6.07) is 18.5. The fourth-order valence-electron chi connectivity index (χ4n) is 6.44. The van der Waals surface area contributed by atoms with Gasteiger partial charge >= 0.3 is 6.16 Å². The van der Waals surface area contributed by atoms with E-state index < -0.39 is 11.8 Å². The Hall–Kier alpha value is -2.29. The van der Waals surface area contributed by atoms with Crippen LogP contribution in [0.3, 0.4) is 0 Å². The molecular weight excluding hydrogens is 456 g/mol. The second kappa shape index (κ2) is 13.5. The number of hydrogen-bond acceptors (Lipinski definition) is 3. The molecule has 202 valence electrons. The Morgan fingerprint density at radius 3 is 1.81 bits per heavy atom. The van der Waals surface area contributed by atoms with Gasteiger partial charge in [0.25, 0.3) is 0 Å². The number of carbonyl (C=O) groups excluding carboxylic acids is 1. The van der Waals surface area contributed by atoms with E-state index in [0.717, 1.165) is 43.9 Å². The van der Waals surface area contributed by atoms with Crippen molar-refractivity contribution < 1.29 is 14.3 Å². The number of rotatable bonds is 10. The molecule has 4 rings (SSSR count). The highest BCUT2D eigenvalue weighted by Gasteiger charge is 2.35. The van der Waals surface area contributed by atoms with E-state index in [1.807, 2.05) is 13.8 Å². The number of hydrogen-bond donors (Lipinski definition) is 0. The predicted octanol–water partition coefficient (Wildman–Crippen LogP) is 10.2. The lowest BCUT2D eigenvalue weighted by Crippen LogP contribution is -2.36. The van der Waals surface area contributed by atoms with Gasteiger partial charge in [0.05, 0.1) is 6.61 Å². The Bertz CT molecular complexity index is 946. The minimum atomic E-state index is -0.520. The number of unbranched alkanes of at least 4 members (excludes halogenated alkanes) is 2. The first-order chi connectivity index (χ1) is 18.0. The van der Waals surface area contributed by atoms with E-state index in [2.05, 4.69) is 55.5 Å². The zero-order valence-electron chi connectivity index (χ0n) is 23.5. The Labute approximate surface area is 225 Å². The molecule has 0 N–H and O–H groups in total. The van der Waals surface area contributed by atoms with Crippen LogP contribution in [0.15, 0.2) is 48.5 Å². The number of ether oxygens (including phenoxy) is 2. The summed E-state index contributed by atoms with van der Waals surface area (Å²) in [7, 11) is 0. The minimum Gasteiger partial charge on any atom is -0.434 e. The van der Waals surface area contributed by atoms with E-state index in [1.165, 1.54) is 73.6 Å². The van der Waals surface area contributed by atoms with Gasteiger partial charge in [-0.1, -0.05) is 88.1 Å². The lowest BCUT2D eigenvalue weighted by Gasteiger charge is -2.36. The first kappa shape index (κ1) is 27.7. The first-order valence-electron chi connectivity index (χ1n) is 15.1. The standard InChI is InChI=1S/C34H48O3/c1-4-6-7-8-26-9-11-27(12-10-26)28-13-15-29(16-14-28)30-17-19-31(20-18-30)32-21-23-34(3,24-22-32)37-33(35)36-25-5-2/h13-20,26-27,32H,4-12,21-25H2,1-3H3. The summed E-state index contributed by atoms with van der Waals surface area (Å²) in [5.74, 6) is 2.23. The van der Waals surface area contributed by atoms with Crippen LogP contribution in [0.4, 0.5) is 4.79 Å². The summed E-state index contributed by atoms with van der Waals surface area (Å²) in [5.41, 5.74) is 5.11. The van der Waals surface area contributed by atoms with E-state index >= 15 is 0 Å². The molecule has 37 heavy (non-hydrogen) atoms. The molecule has 0 amide bonds. The van der Waals surface area contributed by atoms with Crippen molar-refractivity contribution in [3.63, 3.8) is 0 Å². The highest BCUT2D eigenvalue weighted by molar-refractivity contribution is 5.64. The van der Waals surface area contributed by atoms with Crippen LogP contribution in [-0.2, 0) is 9.47 Å². The van der Waals surface area contributed by atoms with Crippen molar-refractivity contribution in [3.05, 3.63) is 59.7 Å². The van der Waals surface area contributed by atoms with Gasteiger partial charge in [0.2, 0.25) is 0 Å². The summed E-state index contributed by atoms with van der Waals surface area (Å²) in [4.78, 5) is 11.9. The smallest absolute Gasteiger partial charge is 0.434 e. The zero-order chi connectivity index (χ0) is 26.1. The molecule has 3 heteroatoms. The van der Waals surface area contributed by atoms with Crippen LogP contribution < -0.4 is 0 Å². The minimum absolute atomic E-state index is 0.405. The Balaban J connectivity index is 1.26. The van der Waals surface area contributed by atoms with Gasteiger partial charge in [-0.3, -0.25) is 0 Å². The van der Waals surface area contributed by atoms with Crippen LogP contribution >= 0.6 is 0 Å². The van der Waals surface area contributed by atoms with Gasteiger partial charge in [-0.25, -0.2) is 4.79 Å². The average molecular weight is 505 g/mol. The van der Waals surface area contributed by atoms with Crippen LogP contribution in [0.2, 0.25) is 0 Å². The lowest BCUT2D eigenvalue weighted by atomic mass is 9.76. The molecule has 2 aliphatic rings. The zero-order valence-corrected chi connectivity index (χ0v) is 23.5. The van der Waals surface area contributed by atoms with Crippen molar-refractivity contribution >= 4 is 6.16 Å². The molecule has 2 aliphatic carbocycles. The number of benzene rings is 2. The molecule has 0 spiro atoms. The fraction of sp³-hybridized carbons (Fsp3) is 0.618. The molecule has 2 fully saturated rings. The third-order valence-electron chi connectivity index (χ3n) is 8.96. The molecule has 0 atom stereocenters. The maximum Gasteiger partial charge on any atom is 0.508 e. The van der Waals surface area contributed by atoms with Gasteiger partial charge < -0.3 is 9.47 Å². The monoisotopic (exact) mass is 504 g/mol. The average Bonchev–Trinajstić information content (AvgIpc) is 2.93. The van der Waals surface area contributed by atoms with Crippen molar-refractivity contribution in [2.24, 2.45) is 5.92 Å². The highest BCUT2D eigenvalue weighted by atomic mass is 16.7. The van der Waals surface area contributed by atoms with Crippen LogP contribution in [0.25, 0.3) is 11.1 Å². The predicted molar refractivity (Wildman–Crippen MR) is 153 cm³/mol. The third kappa shape index (κ3) is 7.85. The van der Waals surface area contributed by atoms with Crippen molar-refractivity contribution in [1.82, 2.24) is 0 Å². The van der Waals surface area contributed by atoms with Gasteiger partial charge in [-0.2, -0.15) is 0 Å². The first-order valence-corrected chi connectivity index (χ1v) is 15.1. The third-order valence-corrected chi connectivity index (χ3v) is 8.96. The van der Waals surface area contributed by atoms with E-state index in [9.17, 15) is 4.79 Å². The summed E-state index contributed by atoms with van der Waals surface area (Å²) in [5, 5.41) is 0. The van der Waals surface area contributed by atoms with E-state index in [0.29, 0.717) is 12.5 Å². The molecule has 0 aromatic heterocycles. The van der Waals surface area contributed by atoms with Crippen molar-refractivity contribution in [2.75, 3.05) is 6.61 Å². The van der Waals surface area contributed by atoms with Crippen molar-refractivity contribution in [2.45, 2.75) is 122 Å². The highest BCUT2D eigenvalue weighted by Crippen LogP contribution is 2.41. The summed E-state index contributed by atoms with van der Waals surface area (Å²) in [6.07, 6.45) is 15.2. The molecular formula is C34H48O3. The van der Waals surface area contributed by atoms with Crippen molar-refractivity contribution in [1.29, 1.82) is 0 Å². The van der Waals surface area contributed by atoms with Gasteiger partial charge in [0.15, 0.2) is 0 Å². The summed E-state index contributed by atoms with van der Waals surface area (Å²) < 4.78 is 10.8. The topological polar surface area (TPSA) is 35.5 Å². The molecule has 2 aromatic carbocycles. The van der Waals surface area contributed by atoms with Crippen LogP contribution in [0, 0.1) is 5.92 Å². The largest absolute Gasteiger partial charge is 0.508 e. The molecule has 0 radical (unpaired) electrons. The Morgan fingerprint density at radius 1 is 0.757 bits per heavy atom. The molecule has 0 saturated heterocycles. The molecule has 0 bridgehead atoms. The van der Waals surface area contributed by atoms with Crippen molar-refractivity contribution in [3.8, 4) is 11.1 Å². The van der Waals surface area contributed by atoms with Crippen LogP contribution in [-0.4, -0.2) is 18.4 Å². The van der Waals surface area contributed by atoms with Crippen LogP contribution in [0.1, 0.15) is 127 Å². The van der Waals surface area contributed by atoms with Gasteiger partial charge in [0.1, 0.15) is 5.60 Å². The molecule has 0 heterocycles. The number of carbonyl (C=O) groups is 1. The molecule has 2 saturated carbocycles. The molecule has 0 aliphatic heterocycles.